The zero-order valence-electron chi connectivity index (χ0n) is 11.8. The second kappa shape index (κ2) is 6.46. The van der Waals surface area contributed by atoms with Gasteiger partial charge in [-0.25, -0.2) is 0 Å². The van der Waals surface area contributed by atoms with Gasteiger partial charge in [0.2, 0.25) is 5.91 Å². The normalized spacial score (nSPS) is 18.5. The zero-order valence-corrected chi connectivity index (χ0v) is 11.8. The van der Waals surface area contributed by atoms with Crippen LogP contribution in [0.2, 0.25) is 0 Å². The van der Waals surface area contributed by atoms with Crippen molar-refractivity contribution >= 4 is 5.91 Å². The predicted octanol–water partition coefficient (Wildman–Crippen LogP) is 1.59. The van der Waals surface area contributed by atoms with E-state index in [1.165, 1.54) is 10.9 Å². The highest BCUT2D eigenvalue weighted by Crippen LogP contribution is 2.24. The lowest BCUT2D eigenvalue weighted by Gasteiger charge is -2.36. The molecule has 1 aromatic heterocycles. The fourth-order valence-corrected chi connectivity index (χ4v) is 2.56. The van der Waals surface area contributed by atoms with Gasteiger partial charge in [0, 0.05) is 18.4 Å². The zero-order chi connectivity index (χ0) is 15.5. The summed E-state index contributed by atoms with van der Waals surface area (Å²) in [5.41, 5.74) is 0. The predicted molar refractivity (Wildman–Crippen MR) is 70.6 cm³/mol. The maximum atomic E-state index is 12.8. The first-order valence-electron chi connectivity index (χ1n) is 6.95. The summed E-state index contributed by atoms with van der Waals surface area (Å²) in [5, 5.41) is 7.03. The summed E-state index contributed by atoms with van der Waals surface area (Å²) in [6.07, 6.45) is -0.245. The van der Waals surface area contributed by atoms with E-state index in [2.05, 4.69) is 10.4 Å². The van der Waals surface area contributed by atoms with Gasteiger partial charge in [-0.3, -0.25) is 9.48 Å². The molecule has 8 heteroatoms. The Morgan fingerprint density at radius 1 is 1.48 bits per heavy atom. The SMILES string of the molecule is CC(C(=O)N(CC(F)(F)F)C1CCNCC1)n1cccn1. The summed E-state index contributed by atoms with van der Waals surface area (Å²) < 4.78 is 39.8. The molecule has 118 valence electrons. The van der Waals surface area contributed by atoms with E-state index >= 15 is 0 Å². The van der Waals surface area contributed by atoms with Crippen LogP contribution in [0.5, 0.6) is 0 Å². The Balaban J connectivity index is 2.15. The average Bonchev–Trinajstić information content (AvgIpc) is 2.97. The van der Waals surface area contributed by atoms with E-state index in [4.69, 9.17) is 0 Å². The quantitative estimate of drug-likeness (QED) is 0.919. The van der Waals surface area contributed by atoms with Gasteiger partial charge in [-0.2, -0.15) is 18.3 Å². The Bertz CT molecular complexity index is 454. The number of amides is 1. The number of nitrogens with one attached hydrogen (secondary N) is 1. The number of carbonyl (C=O) groups excluding carboxylic acids is 1. The van der Waals surface area contributed by atoms with Crippen molar-refractivity contribution in [2.75, 3.05) is 19.6 Å². The van der Waals surface area contributed by atoms with E-state index in [1.807, 2.05) is 0 Å². The fraction of sp³-hybridized carbons (Fsp3) is 0.692. The van der Waals surface area contributed by atoms with Crippen molar-refractivity contribution < 1.29 is 18.0 Å². The molecule has 1 atom stereocenters. The van der Waals surface area contributed by atoms with Gasteiger partial charge < -0.3 is 10.2 Å². The van der Waals surface area contributed by atoms with Gasteiger partial charge in [-0.15, -0.1) is 0 Å². The van der Waals surface area contributed by atoms with Crippen molar-refractivity contribution in [3.8, 4) is 0 Å². The molecule has 1 fully saturated rings. The minimum Gasteiger partial charge on any atom is -0.329 e. The number of halogens is 3. The molecule has 5 nitrogen and oxygen atoms in total. The number of carbonyl (C=O) groups is 1. The van der Waals surface area contributed by atoms with Crippen molar-refractivity contribution in [2.45, 2.75) is 38.0 Å². The Kier molecular flexibility index (Phi) is 4.87. The molecule has 0 bridgehead atoms. The summed E-state index contributed by atoms with van der Waals surface area (Å²) in [7, 11) is 0. The number of piperidine rings is 1. The lowest BCUT2D eigenvalue weighted by atomic mass is 10.0. The Hall–Kier alpha value is -1.57. The molecule has 21 heavy (non-hydrogen) atoms. The van der Waals surface area contributed by atoms with Gasteiger partial charge in [0.05, 0.1) is 0 Å². The molecule has 0 aromatic carbocycles. The Morgan fingerprint density at radius 2 is 2.14 bits per heavy atom. The highest BCUT2D eigenvalue weighted by molar-refractivity contribution is 5.80. The van der Waals surface area contributed by atoms with Crippen LogP contribution in [0.25, 0.3) is 0 Å². The third-order valence-electron chi connectivity index (χ3n) is 3.66. The summed E-state index contributed by atoms with van der Waals surface area (Å²) in [5.74, 6) is -0.539. The van der Waals surface area contributed by atoms with Crippen molar-refractivity contribution in [2.24, 2.45) is 0 Å². The van der Waals surface area contributed by atoms with Gasteiger partial charge in [0.25, 0.3) is 0 Å². The van der Waals surface area contributed by atoms with Crippen molar-refractivity contribution in [1.82, 2.24) is 20.0 Å². The van der Waals surface area contributed by atoms with Crippen LogP contribution in [0.15, 0.2) is 18.5 Å². The maximum Gasteiger partial charge on any atom is 0.406 e. The first kappa shape index (κ1) is 15.8. The van der Waals surface area contributed by atoms with E-state index in [0.29, 0.717) is 25.9 Å². The number of hydrogen-bond donors (Lipinski definition) is 1. The van der Waals surface area contributed by atoms with Crippen molar-refractivity contribution in [3.63, 3.8) is 0 Å². The van der Waals surface area contributed by atoms with Crippen LogP contribution in [0.3, 0.4) is 0 Å². The summed E-state index contributed by atoms with van der Waals surface area (Å²) >= 11 is 0. The molecular weight excluding hydrogens is 285 g/mol. The number of alkyl halides is 3. The second-order valence-corrected chi connectivity index (χ2v) is 5.22. The van der Waals surface area contributed by atoms with E-state index in [9.17, 15) is 18.0 Å². The van der Waals surface area contributed by atoms with Crippen LogP contribution in [0.1, 0.15) is 25.8 Å². The highest BCUT2D eigenvalue weighted by Gasteiger charge is 2.38. The largest absolute Gasteiger partial charge is 0.406 e. The Morgan fingerprint density at radius 3 is 2.67 bits per heavy atom. The van der Waals surface area contributed by atoms with Crippen LogP contribution >= 0.6 is 0 Å². The minimum absolute atomic E-state index is 0.376. The fourth-order valence-electron chi connectivity index (χ4n) is 2.56. The third kappa shape index (κ3) is 4.20. The molecule has 0 radical (unpaired) electrons. The number of aromatic nitrogens is 2. The van der Waals surface area contributed by atoms with Crippen molar-refractivity contribution in [3.05, 3.63) is 18.5 Å². The third-order valence-corrected chi connectivity index (χ3v) is 3.66. The highest BCUT2D eigenvalue weighted by atomic mass is 19.4. The van der Waals surface area contributed by atoms with Gasteiger partial charge >= 0.3 is 6.18 Å². The molecular formula is C13H19F3N4O. The van der Waals surface area contributed by atoms with E-state index in [-0.39, 0.29) is 6.04 Å². The van der Waals surface area contributed by atoms with Gasteiger partial charge in [-0.1, -0.05) is 0 Å². The molecule has 0 spiro atoms. The van der Waals surface area contributed by atoms with Crippen LogP contribution in [-0.4, -0.2) is 52.4 Å². The Labute approximate surface area is 121 Å². The lowest BCUT2D eigenvalue weighted by molar-refractivity contribution is -0.168. The monoisotopic (exact) mass is 304 g/mol. The van der Waals surface area contributed by atoms with Crippen LogP contribution in [0.4, 0.5) is 13.2 Å². The molecule has 1 aliphatic rings. The van der Waals surface area contributed by atoms with Crippen molar-refractivity contribution in [1.29, 1.82) is 0 Å². The number of hydrogen-bond acceptors (Lipinski definition) is 3. The van der Waals surface area contributed by atoms with Crippen LogP contribution in [0, 0.1) is 0 Å². The van der Waals surface area contributed by atoms with Gasteiger partial charge in [-0.05, 0) is 38.9 Å². The van der Waals surface area contributed by atoms with Crippen LogP contribution < -0.4 is 5.32 Å². The summed E-state index contributed by atoms with van der Waals surface area (Å²) in [6, 6.07) is 0.526. The molecule has 1 amide bonds. The molecule has 2 heterocycles. The summed E-state index contributed by atoms with van der Waals surface area (Å²) in [6.45, 7) is 1.62. The smallest absolute Gasteiger partial charge is 0.329 e. The second-order valence-electron chi connectivity index (χ2n) is 5.22. The van der Waals surface area contributed by atoms with E-state index in [1.54, 1.807) is 19.2 Å². The topological polar surface area (TPSA) is 50.2 Å². The number of rotatable bonds is 4. The lowest BCUT2D eigenvalue weighted by Crippen LogP contribution is -2.51. The summed E-state index contributed by atoms with van der Waals surface area (Å²) in [4.78, 5) is 13.4. The van der Waals surface area contributed by atoms with E-state index < -0.39 is 24.7 Å². The molecule has 1 aliphatic heterocycles. The minimum atomic E-state index is -4.40. The first-order valence-corrected chi connectivity index (χ1v) is 6.95. The molecule has 1 unspecified atom stereocenters. The first-order chi connectivity index (χ1) is 9.88. The molecule has 1 aromatic rings. The average molecular weight is 304 g/mol. The van der Waals surface area contributed by atoms with Gasteiger partial charge in [0.15, 0.2) is 0 Å². The molecule has 1 saturated heterocycles. The molecule has 0 saturated carbocycles. The maximum absolute atomic E-state index is 12.8. The van der Waals surface area contributed by atoms with E-state index in [0.717, 1.165) is 4.90 Å². The molecule has 1 N–H and O–H groups in total. The standard InChI is InChI=1S/C13H19F3N4O/c1-10(20-8-2-5-18-20)12(21)19(9-13(14,15)16)11-3-6-17-7-4-11/h2,5,8,10-11,17H,3-4,6-7,9H2,1H3. The van der Waals surface area contributed by atoms with Gasteiger partial charge in [0.1, 0.15) is 12.6 Å². The number of nitrogens with zero attached hydrogens (tertiary/aromatic N) is 3. The molecule has 0 aliphatic carbocycles. The van der Waals surface area contributed by atoms with Crippen LogP contribution in [-0.2, 0) is 4.79 Å². The molecule has 2 rings (SSSR count).